The molecule has 0 amide bonds. The summed E-state index contributed by atoms with van der Waals surface area (Å²) in [5, 5.41) is 9.94. The van der Waals surface area contributed by atoms with E-state index in [4.69, 9.17) is 23.1 Å². The van der Waals surface area contributed by atoms with Crippen LogP contribution in [0.15, 0.2) is 65.1 Å². The molecule has 8 nitrogen and oxygen atoms in total. The monoisotopic (exact) mass is 486 g/mol. The summed E-state index contributed by atoms with van der Waals surface area (Å²) in [6, 6.07) is 20.0. The topological polar surface area (TPSA) is 130 Å². The molecule has 34 heavy (non-hydrogen) atoms. The van der Waals surface area contributed by atoms with Gasteiger partial charge in [-0.25, -0.2) is 18.6 Å². The van der Waals surface area contributed by atoms with Gasteiger partial charge in [-0.3, -0.25) is 4.42 Å². The Balaban J connectivity index is 0.000000739. The molecule has 0 fully saturated rings. The van der Waals surface area contributed by atoms with Crippen molar-refractivity contribution in [3.63, 3.8) is 0 Å². The van der Waals surface area contributed by atoms with Gasteiger partial charge in [-0.1, -0.05) is 36.4 Å². The summed E-state index contributed by atoms with van der Waals surface area (Å²) in [6.45, 7) is 0. The Hall–Kier alpha value is -3.40. The van der Waals surface area contributed by atoms with Crippen molar-refractivity contribution >= 4 is 35.7 Å². The van der Waals surface area contributed by atoms with E-state index in [1.165, 1.54) is 0 Å². The first-order valence-electron chi connectivity index (χ1n) is 10.1. The summed E-state index contributed by atoms with van der Waals surface area (Å²) in [5.74, 6) is 0.474. The number of nitrogens with zero attached hydrogens (tertiary/aromatic N) is 2. The number of rotatable bonds is 6. The number of hydrogen-bond donors (Lipinski definition) is 1. The summed E-state index contributed by atoms with van der Waals surface area (Å²) in [4.78, 5) is 4.13. The molecule has 0 aliphatic rings. The van der Waals surface area contributed by atoms with Crippen molar-refractivity contribution < 1.29 is 38.4 Å². The molecular weight excluding hydrogens is 460 g/mol. The zero-order chi connectivity index (χ0) is 25.3. The second kappa shape index (κ2) is 12.2. The van der Waals surface area contributed by atoms with Crippen LogP contribution >= 0.6 is 0 Å². The maximum absolute atomic E-state index is 9.94. The molecule has 9 heteroatoms. The van der Waals surface area contributed by atoms with Gasteiger partial charge in [0.2, 0.25) is 5.76 Å². The zero-order valence-electron chi connectivity index (χ0n) is 19.3. The van der Waals surface area contributed by atoms with Crippen LogP contribution in [-0.4, -0.2) is 33.3 Å². The Morgan fingerprint density at radius 1 is 0.647 bits per heavy atom. The molecule has 180 valence electrons. The van der Waals surface area contributed by atoms with Crippen molar-refractivity contribution in [1.29, 1.82) is 0 Å². The lowest BCUT2D eigenvalue weighted by Crippen LogP contribution is -2.68. The molecule has 0 bridgehead atoms. The molecule has 0 spiro atoms. The minimum absolute atomic E-state index is 0.113. The van der Waals surface area contributed by atoms with Crippen LogP contribution in [0.3, 0.4) is 0 Å². The van der Waals surface area contributed by atoms with E-state index < -0.39 is 10.2 Å². The van der Waals surface area contributed by atoms with Gasteiger partial charge in [-0.15, -0.1) is 10.2 Å². The smallest absolute Gasteiger partial charge is 0.378 e. The highest BCUT2D eigenvalue weighted by atomic mass is 35.7. The summed E-state index contributed by atoms with van der Waals surface area (Å²) in [7, 11) is 3.13. The molecule has 1 aromatic heterocycles. The first kappa shape index (κ1) is 26.8. The predicted octanol–water partition coefficient (Wildman–Crippen LogP) is 0.983. The molecule has 0 saturated heterocycles. The summed E-state index contributed by atoms with van der Waals surface area (Å²) < 4.78 is 39.4. The van der Waals surface area contributed by atoms with E-state index >= 15 is 0 Å². The molecule has 0 aliphatic heterocycles. The summed E-state index contributed by atoms with van der Waals surface area (Å²) in [6.07, 6.45) is 7.80. The van der Waals surface area contributed by atoms with Gasteiger partial charge >= 0.3 is 5.95 Å². The van der Waals surface area contributed by atoms with Crippen LogP contribution in [0, 0.1) is 10.2 Å². The van der Waals surface area contributed by atoms with Gasteiger partial charge in [0, 0.05) is 51.7 Å². The Morgan fingerprint density at radius 3 is 1.44 bits per heavy atom. The minimum Gasteiger partial charge on any atom is -0.378 e. The highest BCUT2D eigenvalue weighted by Crippen LogP contribution is 2.21. The van der Waals surface area contributed by atoms with Crippen LogP contribution in [0.2, 0.25) is 0 Å². The SMILES string of the molecule is CN(C)c1ccc(/C=C/c2cc(O)[o+]c(/C=C/c3ccc(N(C)C)cc3)c2)cc1.[O-][Cl+3]([O-])([O-])[O-]. The van der Waals surface area contributed by atoms with Crippen LogP contribution in [-0.2, 0) is 0 Å². The van der Waals surface area contributed by atoms with E-state index in [0.29, 0.717) is 5.76 Å². The molecule has 3 rings (SSSR count). The Kier molecular flexibility index (Phi) is 9.61. The molecule has 0 atom stereocenters. The van der Waals surface area contributed by atoms with Crippen molar-refractivity contribution in [2.75, 3.05) is 38.0 Å². The highest BCUT2D eigenvalue weighted by molar-refractivity contribution is 5.73. The summed E-state index contributed by atoms with van der Waals surface area (Å²) in [5.41, 5.74) is 5.33. The standard InChI is InChI=1S/C25H26N2O2.ClHO4/c1-26(2)22-12-7-19(8-13-22)5-6-21-17-24(29-25(28)18-21)16-11-20-9-14-23(15-10-20)27(3)4;2-1(3,4)5/h5-18H,1-4H3;(H,2,3,4,5)/b6-5+,16-11+;. The van der Waals surface area contributed by atoms with Crippen molar-refractivity contribution in [2.45, 2.75) is 0 Å². The first-order chi connectivity index (χ1) is 15.9. The molecule has 0 unspecified atom stereocenters. The third kappa shape index (κ3) is 10.0. The molecular formula is C25H27ClN2O6. The van der Waals surface area contributed by atoms with Gasteiger partial charge in [0.1, 0.15) is 0 Å². The van der Waals surface area contributed by atoms with E-state index in [1.54, 1.807) is 6.07 Å². The maximum atomic E-state index is 9.94. The van der Waals surface area contributed by atoms with Gasteiger partial charge in [0.05, 0.1) is 6.07 Å². The fourth-order valence-electron chi connectivity index (χ4n) is 2.84. The molecule has 2 aromatic carbocycles. The number of aromatic hydroxyl groups is 1. The second-order valence-corrected chi connectivity index (χ2v) is 8.40. The van der Waals surface area contributed by atoms with Gasteiger partial charge in [-0.05, 0) is 47.0 Å². The van der Waals surface area contributed by atoms with Crippen molar-refractivity contribution in [2.24, 2.45) is 0 Å². The Morgan fingerprint density at radius 2 is 1.03 bits per heavy atom. The van der Waals surface area contributed by atoms with Crippen molar-refractivity contribution in [3.8, 4) is 5.95 Å². The van der Waals surface area contributed by atoms with E-state index in [0.717, 1.165) is 28.1 Å². The average molecular weight is 487 g/mol. The lowest BCUT2D eigenvalue weighted by Gasteiger charge is -2.17. The third-order valence-corrected chi connectivity index (χ3v) is 4.55. The van der Waals surface area contributed by atoms with E-state index in [1.807, 2.05) is 70.7 Å². The zero-order valence-corrected chi connectivity index (χ0v) is 20.1. The highest BCUT2D eigenvalue weighted by Gasteiger charge is 2.08. The van der Waals surface area contributed by atoms with Gasteiger partial charge in [0.25, 0.3) is 0 Å². The Bertz CT molecular complexity index is 1020. The molecule has 0 radical (unpaired) electrons. The molecule has 0 aliphatic carbocycles. The predicted molar refractivity (Wildman–Crippen MR) is 124 cm³/mol. The lowest BCUT2D eigenvalue weighted by atomic mass is 10.1. The molecule has 1 N–H and O–H groups in total. The van der Waals surface area contributed by atoms with Crippen molar-refractivity contribution in [3.05, 3.63) is 83.1 Å². The van der Waals surface area contributed by atoms with E-state index in [-0.39, 0.29) is 5.95 Å². The number of hydrogen-bond acceptors (Lipinski definition) is 7. The number of anilines is 2. The fraction of sp³-hybridized carbons (Fsp3) is 0.160. The average Bonchev–Trinajstić information content (AvgIpc) is 2.75. The Labute approximate surface area is 201 Å². The van der Waals surface area contributed by atoms with Crippen LogP contribution in [0.5, 0.6) is 5.95 Å². The van der Waals surface area contributed by atoms with Gasteiger partial charge < -0.3 is 14.9 Å². The van der Waals surface area contributed by atoms with Gasteiger partial charge in [0.15, 0.2) is 0 Å². The fourth-order valence-corrected chi connectivity index (χ4v) is 2.84. The lowest BCUT2D eigenvalue weighted by molar-refractivity contribution is -2.00. The van der Waals surface area contributed by atoms with Crippen molar-refractivity contribution in [1.82, 2.24) is 0 Å². The third-order valence-electron chi connectivity index (χ3n) is 4.55. The van der Waals surface area contributed by atoms with Crippen LogP contribution < -0.4 is 28.4 Å². The normalized spacial score (nSPS) is 11.4. The van der Waals surface area contributed by atoms with Gasteiger partial charge in [-0.2, -0.15) is 0 Å². The number of halogens is 1. The first-order valence-corrected chi connectivity index (χ1v) is 11.3. The molecule has 0 saturated carbocycles. The van der Waals surface area contributed by atoms with Crippen LogP contribution in [0.25, 0.3) is 24.3 Å². The molecule has 3 aromatic rings. The minimum atomic E-state index is -4.94. The van der Waals surface area contributed by atoms with E-state index in [9.17, 15) is 5.11 Å². The second-order valence-electron chi connectivity index (χ2n) is 7.65. The largest absolute Gasteiger partial charge is 0.516 e. The van der Waals surface area contributed by atoms with Crippen LogP contribution in [0.1, 0.15) is 22.5 Å². The molecule has 1 heterocycles. The summed E-state index contributed by atoms with van der Waals surface area (Å²) >= 11 is 0. The maximum Gasteiger partial charge on any atom is 0.516 e. The number of benzene rings is 2. The van der Waals surface area contributed by atoms with Crippen LogP contribution in [0.4, 0.5) is 11.4 Å². The quantitative estimate of drug-likeness (QED) is 0.510. The van der Waals surface area contributed by atoms with E-state index in [2.05, 4.69) is 46.2 Å².